The smallest absolute Gasteiger partial charge is 0.306 e. The molecule has 1 heterocycles. The number of esters is 1. The van der Waals surface area contributed by atoms with Crippen molar-refractivity contribution in [3.63, 3.8) is 0 Å². The van der Waals surface area contributed by atoms with Crippen LogP contribution in [0.5, 0.6) is 0 Å². The Kier molecular flexibility index (Phi) is 40.2. The molecule has 1 rings (SSSR count). The van der Waals surface area contributed by atoms with Crippen molar-refractivity contribution in [2.24, 2.45) is 0 Å². The lowest BCUT2D eigenvalue weighted by molar-refractivity contribution is -0.305. The summed E-state index contributed by atoms with van der Waals surface area (Å²) in [5, 5.41) is 40.2. The molecule has 0 aliphatic carbocycles. The van der Waals surface area contributed by atoms with Crippen LogP contribution in [0.15, 0.2) is 36.5 Å². The fourth-order valence-electron chi connectivity index (χ4n) is 7.62. The average molecular weight is 851 g/mol. The first kappa shape index (κ1) is 56.4. The molecule has 6 unspecified atom stereocenters. The molecule has 9 heteroatoms. The van der Waals surface area contributed by atoms with Gasteiger partial charge in [0, 0.05) is 13.0 Å². The van der Waals surface area contributed by atoms with Crippen LogP contribution in [0.2, 0.25) is 0 Å². The Morgan fingerprint density at radius 2 is 0.967 bits per heavy atom. The van der Waals surface area contributed by atoms with Gasteiger partial charge in [-0.2, -0.15) is 0 Å². The Hall–Kier alpha value is -1.59. The van der Waals surface area contributed by atoms with E-state index in [2.05, 4.69) is 50.3 Å². The normalized spacial score (nSPS) is 20.3. The van der Waals surface area contributed by atoms with Crippen molar-refractivity contribution in [1.29, 1.82) is 0 Å². The minimum absolute atomic E-state index is 0.114. The first-order chi connectivity index (χ1) is 29.4. The lowest BCUT2D eigenvalue weighted by atomic mass is 9.99. The van der Waals surface area contributed by atoms with Crippen molar-refractivity contribution in [1.82, 2.24) is 0 Å². The van der Waals surface area contributed by atoms with E-state index in [4.69, 9.17) is 18.9 Å². The molecule has 0 radical (unpaired) electrons. The lowest BCUT2D eigenvalue weighted by Gasteiger charge is -2.39. The minimum Gasteiger partial charge on any atom is -0.457 e. The van der Waals surface area contributed by atoms with Crippen LogP contribution in [0, 0.1) is 0 Å². The predicted molar refractivity (Wildman–Crippen MR) is 247 cm³/mol. The molecule has 6 atom stereocenters. The topological polar surface area (TPSA) is 135 Å². The number of hydrogen-bond acceptors (Lipinski definition) is 9. The number of hydrogen-bond donors (Lipinski definition) is 4. The van der Waals surface area contributed by atoms with Crippen LogP contribution in [-0.2, 0) is 23.7 Å². The third kappa shape index (κ3) is 33.0. The number of aliphatic hydroxyl groups excluding tert-OH is 4. The molecule has 60 heavy (non-hydrogen) atoms. The summed E-state index contributed by atoms with van der Waals surface area (Å²) in [5.74, 6) is -0.318. The highest BCUT2D eigenvalue weighted by molar-refractivity contribution is 5.69. The second-order valence-corrected chi connectivity index (χ2v) is 17.3. The second kappa shape index (κ2) is 42.7. The van der Waals surface area contributed by atoms with Gasteiger partial charge in [-0.05, 0) is 51.4 Å². The van der Waals surface area contributed by atoms with Crippen LogP contribution in [0.25, 0.3) is 0 Å². The molecule has 1 aliphatic rings. The predicted octanol–water partition coefficient (Wildman–Crippen LogP) is 11.9. The van der Waals surface area contributed by atoms with Gasteiger partial charge < -0.3 is 39.4 Å². The zero-order valence-corrected chi connectivity index (χ0v) is 38.7. The molecular formula is C51H94O9. The van der Waals surface area contributed by atoms with E-state index in [1.54, 1.807) is 0 Å². The van der Waals surface area contributed by atoms with Crippen LogP contribution in [-0.4, -0.2) is 89.6 Å². The summed E-state index contributed by atoms with van der Waals surface area (Å²) >= 11 is 0. The molecule has 9 nitrogen and oxygen atoms in total. The Balaban J connectivity index is 2.21. The molecular weight excluding hydrogens is 757 g/mol. The van der Waals surface area contributed by atoms with E-state index in [9.17, 15) is 25.2 Å². The summed E-state index contributed by atoms with van der Waals surface area (Å²) in [4.78, 5) is 12.8. The highest BCUT2D eigenvalue weighted by atomic mass is 16.7. The van der Waals surface area contributed by atoms with E-state index in [1.807, 2.05) is 0 Å². The molecule has 352 valence electrons. The highest BCUT2D eigenvalue weighted by Gasteiger charge is 2.44. The van der Waals surface area contributed by atoms with Gasteiger partial charge in [-0.3, -0.25) is 4.79 Å². The Bertz CT molecular complexity index is 1010. The largest absolute Gasteiger partial charge is 0.457 e. The molecule has 1 aliphatic heterocycles. The summed E-state index contributed by atoms with van der Waals surface area (Å²) in [6.07, 6.45) is 44.5. The van der Waals surface area contributed by atoms with Crippen LogP contribution in [0.1, 0.15) is 219 Å². The molecule has 0 spiro atoms. The van der Waals surface area contributed by atoms with E-state index in [0.29, 0.717) is 13.0 Å². The van der Waals surface area contributed by atoms with Gasteiger partial charge in [-0.25, -0.2) is 0 Å². The number of rotatable bonds is 43. The van der Waals surface area contributed by atoms with Crippen molar-refractivity contribution < 1.29 is 44.2 Å². The number of allylic oxidation sites excluding steroid dienone is 6. The van der Waals surface area contributed by atoms with E-state index in [-0.39, 0.29) is 19.2 Å². The first-order valence-corrected chi connectivity index (χ1v) is 25.1. The minimum atomic E-state index is -1.54. The molecule has 0 aromatic heterocycles. The molecule has 1 saturated heterocycles. The van der Waals surface area contributed by atoms with Gasteiger partial charge >= 0.3 is 5.97 Å². The van der Waals surface area contributed by atoms with E-state index in [1.165, 1.54) is 148 Å². The van der Waals surface area contributed by atoms with Crippen LogP contribution < -0.4 is 0 Å². The summed E-state index contributed by atoms with van der Waals surface area (Å²) in [5.41, 5.74) is 0. The summed E-state index contributed by atoms with van der Waals surface area (Å²) in [7, 11) is 0. The van der Waals surface area contributed by atoms with Crippen LogP contribution in [0.3, 0.4) is 0 Å². The van der Waals surface area contributed by atoms with Crippen LogP contribution in [0.4, 0.5) is 0 Å². The zero-order chi connectivity index (χ0) is 43.6. The second-order valence-electron chi connectivity index (χ2n) is 17.3. The molecule has 0 aromatic carbocycles. The van der Waals surface area contributed by atoms with Gasteiger partial charge in [0.25, 0.3) is 0 Å². The maximum absolute atomic E-state index is 12.8. The zero-order valence-electron chi connectivity index (χ0n) is 38.7. The van der Waals surface area contributed by atoms with Gasteiger partial charge in [0.1, 0.15) is 30.5 Å². The number of aliphatic hydroxyl groups is 4. The van der Waals surface area contributed by atoms with Crippen molar-refractivity contribution in [2.75, 3.05) is 26.4 Å². The Morgan fingerprint density at radius 1 is 0.533 bits per heavy atom. The molecule has 1 fully saturated rings. The SMILES string of the molecule is CCCCCCC/C=C\C/C=C\C/C=C\CCCCCCCCCCC(=O)OC(COCCCCCCCCCCCCCCCC)COC1OC(CO)C(O)C(O)C1O. The van der Waals surface area contributed by atoms with Gasteiger partial charge in [0.2, 0.25) is 0 Å². The van der Waals surface area contributed by atoms with Crippen molar-refractivity contribution in [3.8, 4) is 0 Å². The van der Waals surface area contributed by atoms with Crippen molar-refractivity contribution in [3.05, 3.63) is 36.5 Å². The first-order valence-electron chi connectivity index (χ1n) is 25.1. The fourth-order valence-corrected chi connectivity index (χ4v) is 7.62. The number of carbonyl (C=O) groups excluding carboxylic acids is 1. The summed E-state index contributed by atoms with van der Waals surface area (Å²) in [6, 6.07) is 0. The number of carbonyl (C=O) groups is 1. The monoisotopic (exact) mass is 851 g/mol. The third-order valence-electron chi connectivity index (χ3n) is 11.6. The lowest BCUT2D eigenvalue weighted by Crippen LogP contribution is -2.59. The maximum atomic E-state index is 12.8. The summed E-state index contributed by atoms with van der Waals surface area (Å²) < 4.78 is 22.9. The average Bonchev–Trinajstić information content (AvgIpc) is 3.25. The maximum Gasteiger partial charge on any atom is 0.306 e. The van der Waals surface area contributed by atoms with E-state index in [0.717, 1.165) is 51.4 Å². The Labute approximate surface area is 368 Å². The molecule has 0 amide bonds. The van der Waals surface area contributed by atoms with Crippen LogP contribution >= 0.6 is 0 Å². The fraction of sp³-hybridized carbons (Fsp3) is 0.863. The van der Waals surface area contributed by atoms with Gasteiger partial charge in [0.05, 0.1) is 19.8 Å². The van der Waals surface area contributed by atoms with Gasteiger partial charge in [-0.15, -0.1) is 0 Å². The summed E-state index contributed by atoms with van der Waals surface area (Å²) in [6.45, 7) is 4.57. The molecule has 0 bridgehead atoms. The van der Waals surface area contributed by atoms with E-state index >= 15 is 0 Å². The third-order valence-corrected chi connectivity index (χ3v) is 11.6. The van der Waals surface area contributed by atoms with E-state index < -0.39 is 43.4 Å². The van der Waals surface area contributed by atoms with Crippen molar-refractivity contribution in [2.45, 2.75) is 256 Å². The Morgan fingerprint density at radius 3 is 1.45 bits per heavy atom. The highest BCUT2D eigenvalue weighted by Crippen LogP contribution is 2.23. The standard InChI is InChI=1S/C51H94O9/c1-3-5-7-9-11-13-15-17-19-20-21-22-23-24-25-26-27-28-30-32-34-36-38-40-47(53)59-45(44-58-51-50(56)49(55)48(54)46(42-52)60-51)43-57-41-39-37-35-33-31-29-18-16-14-12-10-8-6-4-2/h15,17,20-21,23-24,45-46,48-52,54-56H,3-14,16,18-19,22,25-44H2,1-2H3/b17-15-,21-20-,24-23-. The molecule has 4 N–H and O–H groups in total. The number of unbranched alkanes of at least 4 members (excludes halogenated alkanes) is 26. The molecule has 0 aromatic rings. The van der Waals surface area contributed by atoms with Gasteiger partial charge in [0.15, 0.2) is 6.29 Å². The quantitative estimate of drug-likeness (QED) is 0.0269. The van der Waals surface area contributed by atoms with Gasteiger partial charge in [-0.1, -0.05) is 198 Å². The van der Waals surface area contributed by atoms with Crippen molar-refractivity contribution >= 4 is 5.97 Å². The molecule has 0 saturated carbocycles. The number of ether oxygens (including phenoxy) is 4.